The Morgan fingerprint density at radius 3 is 2.41 bits per heavy atom. The van der Waals surface area contributed by atoms with Crippen molar-refractivity contribution in [2.75, 3.05) is 11.9 Å². The van der Waals surface area contributed by atoms with Crippen LogP contribution in [0.4, 0.5) is 10.8 Å². The van der Waals surface area contributed by atoms with E-state index in [1.807, 2.05) is 48.7 Å². The number of nitrogens with zero attached hydrogens (tertiary/aromatic N) is 2. The van der Waals surface area contributed by atoms with Crippen LogP contribution in [0.25, 0.3) is 11.3 Å². The maximum Gasteiger partial charge on any atom is 0.341 e. The summed E-state index contributed by atoms with van der Waals surface area (Å²) in [6.45, 7) is 1.46. The lowest BCUT2D eigenvalue weighted by Gasteiger charge is -2.08. The Morgan fingerprint density at radius 2 is 1.76 bits per heavy atom. The third-order valence-corrected chi connectivity index (χ3v) is 6.31. The fourth-order valence-electron chi connectivity index (χ4n) is 3.17. The number of hydrogen-bond acceptors (Lipinski definition) is 7. The average Bonchev–Trinajstić information content (AvgIpc) is 3.33. The minimum Gasteiger partial charge on any atom is -0.479 e. The van der Waals surface area contributed by atoms with Gasteiger partial charge in [0.05, 0.1) is 22.0 Å². The van der Waals surface area contributed by atoms with Gasteiger partial charge in [-0.25, -0.2) is 15.2 Å². The van der Waals surface area contributed by atoms with Crippen LogP contribution < -0.4 is 15.5 Å². The number of carboxylic acids is 1. The lowest BCUT2D eigenvalue weighted by atomic mass is 10.1. The lowest BCUT2D eigenvalue weighted by Crippen LogP contribution is -2.17. The van der Waals surface area contributed by atoms with E-state index < -0.39 is 18.5 Å². The van der Waals surface area contributed by atoms with Crippen molar-refractivity contribution in [3.63, 3.8) is 0 Å². The molecule has 4 aromatic rings. The van der Waals surface area contributed by atoms with Crippen molar-refractivity contribution in [1.29, 1.82) is 0 Å². The molecule has 0 aliphatic heterocycles. The number of carboxylic acid groups (broad SMARTS) is 1. The van der Waals surface area contributed by atoms with E-state index in [9.17, 15) is 9.59 Å². The van der Waals surface area contributed by atoms with Gasteiger partial charge in [-0.2, -0.15) is 5.10 Å². The zero-order chi connectivity index (χ0) is 26.4. The zero-order valence-corrected chi connectivity index (χ0v) is 21.7. The van der Waals surface area contributed by atoms with Crippen molar-refractivity contribution in [3.8, 4) is 17.0 Å². The maximum absolute atomic E-state index is 12.5. The van der Waals surface area contributed by atoms with Gasteiger partial charge in [-0.15, -0.1) is 11.3 Å². The van der Waals surface area contributed by atoms with Crippen LogP contribution in [0, 0.1) is 6.92 Å². The summed E-state index contributed by atoms with van der Waals surface area (Å²) in [4.78, 5) is 27.8. The number of benzene rings is 3. The highest BCUT2D eigenvalue weighted by Gasteiger charge is 2.12. The Bertz CT molecular complexity index is 1430. The third kappa shape index (κ3) is 7.07. The Kier molecular flexibility index (Phi) is 8.39. The van der Waals surface area contributed by atoms with E-state index in [2.05, 4.69) is 20.8 Å². The number of ether oxygens (including phenoxy) is 1. The lowest BCUT2D eigenvalue weighted by molar-refractivity contribution is -0.139. The quantitative estimate of drug-likeness (QED) is 0.163. The Morgan fingerprint density at radius 1 is 1.08 bits per heavy atom. The monoisotopic (exact) mass is 554 g/mol. The topological polar surface area (TPSA) is 113 Å². The van der Waals surface area contributed by atoms with Gasteiger partial charge in [-0.1, -0.05) is 53.0 Å². The zero-order valence-electron chi connectivity index (χ0n) is 19.4. The second-order valence-corrected chi connectivity index (χ2v) is 9.47. The van der Waals surface area contributed by atoms with Gasteiger partial charge in [0.1, 0.15) is 0 Å². The Labute approximate surface area is 226 Å². The molecule has 4 rings (SSSR count). The van der Waals surface area contributed by atoms with Gasteiger partial charge in [-0.3, -0.25) is 4.79 Å². The molecule has 0 saturated carbocycles. The van der Waals surface area contributed by atoms with Crippen LogP contribution in [0.5, 0.6) is 5.75 Å². The van der Waals surface area contributed by atoms with Crippen LogP contribution in [-0.4, -0.2) is 34.8 Å². The summed E-state index contributed by atoms with van der Waals surface area (Å²) in [7, 11) is 0. The molecule has 0 saturated heterocycles. The summed E-state index contributed by atoms with van der Waals surface area (Å²) < 4.78 is 5.07. The van der Waals surface area contributed by atoms with Crippen LogP contribution in [0.3, 0.4) is 0 Å². The van der Waals surface area contributed by atoms with Crippen molar-refractivity contribution in [2.45, 2.75) is 6.92 Å². The first-order valence-electron chi connectivity index (χ1n) is 10.8. The summed E-state index contributed by atoms with van der Waals surface area (Å²) in [5.74, 6) is -1.49. The second kappa shape index (κ2) is 11.9. The van der Waals surface area contributed by atoms with E-state index in [0.29, 0.717) is 11.1 Å². The first kappa shape index (κ1) is 26.2. The molecule has 0 radical (unpaired) electrons. The van der Waals surface area contributed by atoms with Crippen LogP contribution >= 0.6 is 34.5 Å². The first-order valence-corrected chi connectivity index (χ1v) is 12.5. The van der Waals surface area contributed by atoms with Crippen molar-refractivity contribution < 1.29 is 19.4 Å². The summed E-state index contributed by atoms with van der Waals surface area (Å²) in [5, 5.41) is 18.9. The Balaban J connectivity index is 1.35. The SMILES string of the molecule is Cc1ccc(Nc2nc(-c3ccc(C(=O)N/N=C\c4cc(Cl)c(OCC(=O)O)c(Cl)c4)cc3)cs2)cc1. The van der Waals surface area contributed by atoms with Crippen molar-refractivity contribution in [2.24, 2.45) is 5.10 Å². The average molecular weight is 555 g/mol. The molecule has 0 aliphatic rings. The molecule has 1 amide bonds. The van der Waals surface area contributed by atoms with Crippen LogP contribution in [0.1, 0.15) is 21.5 Å². The summed E-state index contributed by atoms with van der Waals surface area (Å²) >= 11 is 13.7. The molecule has 3 aromatic carbocycles. The molecule has 1 heterocycles. The van der Waals surface area contributed by atoms with Crippen molar-refractivity contribution in [3.05, 3.63) is 92.8 Å². The van der Waals surface area contributed by atoms with E-state index in [1.54, 1.807) is 12.1 Å². The molecule has 37 heavy (non-hydrogen) atoms. The van der Waals surface area contributed by atoms with E-state index >= 15 is 0 Å². The van der Waals surface area contributed by atoms with Gasteiger partial charge < -0.3 is 15.2 Å². The minimum atomic E-state index is -1.15. The largest absolute Gasteiger partial charge is 0.479 e. The van der Waals surface area contributed by atoms with Gasteiger partial charge >= 0.3 is 5.97 Å². The van der Waals surface area contributed by atoms with Gasteiger partial charge in [-0.05, 0) is 48.9 Å². The Hall–Kier alpha value is -3.92. The fourth-order valence-corrected chi connectivity index (χ4v) is 4.53. The number of rotatable bonds is 9. The predicted molar refractivity (Wildman–Crippen MR) is 147 cm³/mol. The molecule has 0 spiro atoms. The van der Waals surface area contributed by atoms with Crippen molar-refractivity contribution in [1.82, 2.24) is 10.4 Å². The number of thiazole rings is 1. The highest BCUT2D eigenvalue weighted by Crippen LogP contribution is 2.34. The summed E-state index contributed by atoms with van der Waals surface area (Å²) in [6, 6.07) is 18.1. The fraction of sp³-hybridized carbons (Fsp3) is 0.0769. The molecule has 1 aromatic heterocycles. The van der Waals surface area contributed by atoms with Gasteiger partial charge in [0, 0.05) is 22.2 Å². The number of hydrazone groups is 1. The molecule has 11 heteroatoms. The number of halogens is 2. The van der Waals surface area contributed by atoms with Crippen LogP contribution in [0.15, 0.2) is 71.1 Å². The number of nitrogens with one attached hydrogen (secondary N) is 2. The molecule has 0 aliphatic carbocycles. The molecule has 0 atom stereocenters. The highest BCUT2D eigenvalue weighted by molar-refractivity contribution is 7.14. The summed E-state index contributed by atoms with van der Waals surface area (Å²) in [5.41, 5.74) is 7.19. The van der Waals surface area contributed by atoms with Gasteiger partial charge in [0.15, 0.2) is 17.5 Å². The molecule has 3 N–H and O–H groups in total. The molecule has 8 nitrogen and oxygen atoms in total. The van der Waals surface area contributed by atoms with E-state index in [0.717, 1.165) is 22.1 Å². The standard InChI is InChI=1S/C26H20Cl2N4O4S/c1-15-2-8-19(9-3-15)30-26-31-22(14-37-26)17-4-6-18(7-5-17)25(35)32-29-12-16-10-20(27)24(21(28)11-16)36-13-23(33)34/h2-12,14H,13H2,1H3,(H,30,31)(H,32,35)(H,33,34)/b29-12-. The van der Waals surface area contributed by atoms with Crippen LogP contribution in [-0.2, 0) is 4.79 Å². The van der Waals surface area contributed by atoms with E-state index in [1.165, 1.54) is 35.2 Å². The third-order valence-electron chi connectivity index (χ3n) is 4.99. The number of carbonyl (C=O) groups is 2. The normalized spacial score (nSPS) is 10.9. The molecule has 0 unspecified atom stereocenters. The van der Waals surface area contributed by atoms with Crippen LogP contribution in [0.2, 0.25) is 10.0 Å². The number of aromatic nitrogens is 1. The molecule has 0 fully saturated rings. The molecular formula is C26H20Cl2N4O4S. The number of carbonyl (C=O) groups excluding carboxylic acids is 1. The number of hydrogen-bond donors (Lipinski definition) is 3. The van der Waals surface area contributed by atoms with E-state index in [4.69, 9.17) is 33.0 Å². The van der Waals surface area contributed by atoms with Gasteiger partial charge in [0.25, 0.3) is 5.91 Å². The maximum atomic E-state index is 12.5. The first-order chi connectivity index (χ1) is 17.8. The molecular weight excluding hydrogens is 535 g/mol. The predicted octanol–water partition coefficient (Wildman–Crippen LogP) is 6.40. The summed E-state index contributed by atoms with van der Waals surface area (Å²) in [6.07, 6.45) is 1.36. The number of anilines is 2. The smallest absolute Gasteiger partial charge is 0.341 e. The highest BCUT2D eigenvalue weighted by atomic mass is 35.5. The number of aliphatic carboxylic acids is 1. The molecule has 188 valence electrons. The van der Waals surface area contributed by atoms with E-state index in [-0.39, 0.29) is 15.8 Å². The number of aryl methyl sites for hydroxylation is 1. The van der Waals surface area contributed by atoms with Gasteiger partial charge in [0.2, 0.25) is 0 Å². The second-order valence-electron chi connectivity index (χ2n) is 7.80. The number of amides is 1. The van der Waals surface area contributed by atoms with Crippen molar-refractivity contribution >= 4 is 63.4 Å². The molecule has 0 bridgehead atoms. The minimum absolute atomic E-state index is 0.0603.